The summed E-state index contributed by atoms with van der Waals surface area (Å²) in [5.74, 6) is -3.42. The second-order valence-electron chi connectivity index (χ2n) is 7.79. The van der Waals surface area contributed by atoms with Gasteiger partial charge in [0.2, 0.25) is 0 Å². The first-order valence-corrected chi connectivity index (χ1v) is 12.7. The van der Waals surface area contributed by atoms with Crippen LogP contribution in [0.5, 0.6) is 5.75 Å². The number of aliphatic carboxylic acids is 1. The largest absolute Gasteiger partial charge is 0.497 e. The number of hydrogen-bond donors (Lipinski definition) is 3. The molecule has 0 bridgehead atoms. The third-order valence-electron chi connectivity index (χ3n) is 5.25. The molecule has 2 aromatic rings. The molecule has 1 heterocycles. The van der Waals surface area contributed by atoms with Crippen LogP contribution in [0.3, 0.4) is 0 Å². The van der Waals surface area contributed by atoms with Gasteiger partial charge in [0.1, 0.15) is 5.75 Å². The van der Waals surface area contributed by atoms with Gasteiger partial charge < -0.3 is 29.5 Å². The van der Waals surface area contributed by atoms with Crippen LogP contribution in [0.1, 0.15) is 17.3 Å². The highest BCUT2D eigenvalue weighted by molar-refractivity contribution is 7.92. The molecule has 3 N–H and O–H groups in total. The Bertz CT molecular complexity index is 1280. The summed E-state index contributed by atoms with van der Waals surface area (Å²) in [5.41, 5.74) is 0.618. The summed E-state index contributed by atoms with van der Waals surface area (Å²) in [6, 6.07) is 10.1. The molecule has 0 atom stereocenters. The van der Waals surface area contributed by atoms with E-state index in [1.165, 1.54) is 43.5 Å². The zero-order chi connectivity index (χ0) is 29.4. The van der Waals surface area contributed by atoms with Gasteiger partial charge in [-0.05, 0) is 49.4 Å². The molecule has 1 saturated heterocycles. The summed E-state index contributed by atoms with van der Waals surface area (Å²) < 4.78 is 70.2. The molecule has 0 saturated carbocycles. The smallest absolute Gasteiger partial charge is 0.490 e. The number of nitrogens with one attached hydrogen (secondary N) is 1. The number of methoxy groups -OCH3 is 1. The molecular formula is C23H26F3N3O9S. The van der Waals surface area contributed by atoms with E-state index >= 15 is 0 Å². The molecule has 0 unspecified atom stereocenters. The van der Waals surface area contributed by atoms with Gasteiger partial charge >= 0.3 is 24.2 Å². The average molecular weight is 578 g/mol. The first-order valence-electron chi connectivity index (χ1n) is 11.2. The Morgan fingerprint density at radius 1 is 1.00 bits per heavy atom. The van der Waals surface area contributed by atoms with Crippen molar-refractivity contribution >= 4 is 39.4 Å². The summed E-state index contributed by atoms with van der Waals surface area (Å²) in [7, 11) is -2.50. The summed E-state index contributed by atoms with van der Waals surface area (Å²) in [6.07, 6.45) is -5.48. The third-order valence-corrected chi connectivity index (χ3v) is 6.63. The average Bonchev–Trinajstić information content (AvgIpc) is 2.88. The van der Waals surface area contributed by atoms with Gasteiger partial charge in [-0.25, -0.2) is 22.8 Å². The number of rotatable bonds is 7. The number of carbonyl (C=O) groups excluding carboxylic acids is 1. The second kappa shape index (κ2) is 13.0. The molecule has 12 nitrogen and oxygen atoms in total. The molecule has 0 aromatic heterocycles. The Labute approximate surface area is 221 Å². The molecule has 2 aromatic carbocycles. The summed E-state index contributed by atoms with van der Waals surface area (Å²) in [5, 5.41) is 16.5. The molecule has 3 rings (SSSR count). The number of carboxylic acid groups (broad SMARTS) is 2. The zero-order valence-corrected chi connectivity index (χ0v) is 21.6. The number of anilines is 2. The standard InChI is InChI=1S/C21H25N3O7S.C2HF3O2/c1-3-31-21(27)24-12-10-23(11-13-24)19-9-4-15(20(25)26)14-18(19)22-32(28,29)17-7-5-16(30-2)6-8-17;3-2(4,5)1(6)7/h4-9,14,22H,3,10-13H2,1-2H3,(H,25,26);(H,6,7). The number of carboxylic acids is 2. The fourth-order valence-corrected chi connectivity index (χ4v) is 4.40. The first-order chi connectivity index (χ1) is 18.2. The molecule has 0 radical (unpaired) electrons. The first kappa shape index (κ1) is 31.0. The number of aromatic carboxylic acids is 1. The lowest BCUT2D eigenvalue weighted by Crippen LogP contribution is -2.49. The highest BCUT2D eigenvalue weighted by Crippen LogP contribution is 2.31. The van der Waals surface area contributed by atoms with E-state index in [1.807, 2.05) is 4.90 Å². The Kier molecular flexibility index (Phi) is 10.4. The second-order valence-corrected chi connectivity index (χ2v) is 9.48. The topological polar surface area (TPSA) is 163 Å². The van der Waals surface area contributed by atoms with E-state index in [1.54, 1.807) is 17.9 Å². The maximum atomic E-state index is 12.9. The number of sulfonamides is 1. The molecule has 1 aliphatic rings. The number of ether oxygens (including phenoxy) is 2. The van der Waals surface area contributed by atoms with Gasteiger partial charge in [-0.2, -0.15) is 13.2 Å². The van der Waals surface area contributed by atoms with E-state index in [4.69, 9.17) is 19.4 Å². The lowest BCUT2D eigenvalue weighted by Gasteiger charge is -2.36. The Morgan fingerprint density at radius 3 is 2.03 bits per heavy atom. The molecular weight excluding hydrogens is 551 g/mol. The van der Waals surface area contributed by atoms with Crippen LogP contribution in [0.4, 0.5) is 29.3 Å². The number of halogens is 3. The minimum Gasteiger partial charge on any atom is -0.497 e. The maximum absolute atomic E-state index is 12.9. The minimum absolute atomic E-state index is 0.0112. The minimum atomic E-state index is -5.08. The summed E-state index contributed by atoms with van der Waals surface area (Å²) in [6.45, 7) is 3.67. The fourth-order valence-electron chi connectivity index (χ4n) is 3.33. The van der Waals surface area contributed by atoms with Crippen LogP contribution in [0, 0.1) is 0 Å². The molecule has 16 heteroatoms. The van der Waals surface area contributed by atoms with Crippen LogP contribution < -0.4 is 14.4 Å². The normalized spacial score (nSPS) is 13.6. The fraction of sp³-hybridized carbons (Fsp3) is 0.348. The van der Waals surface area contributed by atoms with Gasteiger partial charge in [0.25, 0.3) is 10.0 Å². The van der Waals surface area contributed by atoms with Crippen molar-refractivity contribution in [1.29, 1.82) is 0 Å². The van der Waals surface area contributed by atoms with E-state index < -0.39 is 34.2 Å². The SMILES string of the molecule is CCOC(=O)N1CCN(c2ccc(C(=O)O)cc2NS(=O)(=O)c2ccc(OC)cc2)CC1.O=C(O)C(F)(F)F. The molecule has 214 valence electrons. The highest BCUT2D eigenvalue weighted by atomic mass is 32.2. The van der Waals surface area contributed by atoms with Crippen molar-refractivity contribution in [2.75, 3.05) is 49.5 Å². The van der Waals surface area contributed by atoms with E-state index in [-0.39, 0.29) is 22.8 Å². The van der Waals surface area contributed by atoms with Crippen LogP contribution in [0.2, 0.25) is 0 Å². The van der Waals surface area contributed by atoms with E-state index in [0.29, 0.717) is 37.6 Å². The number of piperazine rings is 1. The van der Waals surface area contributed by atoms with Crippen molar-refractivity contribution in [3.63, 3.8) is 0 Å². The van der Waals surface area contributed by atoms with Gasteiger partial charge in [-0.15, -0.1) is 0 Å². The monoisotopic (exact) mass is 577 g/mol. The van der Waals surface area contributed by atoms with Gasteiger partial charge in [-0.1, -0.05) is 0 Å². The van der Waals surface area contributed by atoms with Crippen molar-refractivity contribution in [3.05, 3.63) is 48.0 Å². The lowest BCUT2D eigenvalue weighted by molar-refractivity contribution is -0.192. The third kappa shape index (κ3) is 8.66. The zero-order valence-electron chi connectivity index (χ0n) is 20.8. The van der Waals surface area contributed by atoms with Crippen molar-refractivity contribution in [3.8, 4) is 5.75 Å². The van der Waals surface area contributed by atoms with E-state index in [0.717, 1.165) is 0 Å². The molecule has 0 aliphatic carbocycles. The number of carbonyl (C=O) groups is 3. The lowest BCUT2D eigenvalue weighted by atomic mass is 10.1. The van der Waals surface area contributed by atoms with Crippen LogP contribution in [-0.4, -0.2) is 87.6 Å². The number of hydrogen-bond acceptors (Lipinski definition) is 8. The van der Waals surface area contributed by atoms with Gasteiger partial charge in [0, 0.05) is 26.2 Å². The maximum Gasteiger partial charge on any atom is 0.490 e. The van der Waals surface area contributed by atoms with Crippen LogP contribution >= 0.6 is 0 Å². The number of nitrogens with zero attached hydrogens (tertiary/aromatic N) is 2. The van der Waals surface area contributed by atoms with Crippen molar-refractivity contribution in [2.45, 2.75) is 18.0 Å². The van der Waals surface area contributed by atoms with Crippen LogP contribution in [0.25, 0.3) is 0 Å². The van der Waals surface area contributed by atoms with Crippen molar-refractivity contribution in [2.24, 2.45) is 0 Å². The van der Waals surface area contributed by atoms with Crippen molar-refractivity contribution in [1.82, 2.24) is 4.90 Å². The quantitative estimate of drug-likeness (QED) is 0.446. The van der Waals surface area contributed by atoms with Gasteiger partial charge in [0.15, 0.2) is 0 Å². The molecule has 0 spiro atoms. The number of amides is 1. The molecule has 39 heavy (non-hydrogen) atoms. The van der Waals surface area contributed by atoms with Gasteiger partial charge in [0.05, 0.1) is 35.6 Å². The Morgan fingerprint density at radius 2 is 1.56 bits per heavy atom. The number of alkyl halides is 3. The predicted octanol–water partition coefficient (Wildman–Crippen LogP) is 3.11. The predicted molar refractivity (Wildman–Crippen MR) is 132 cm³/mol. The van der Waals surface area contributed by atoms with Crippen LogP contribution in [0.15, 0.2) is 47.4 Å². The molecule has 1 amide bonds. The summed E-state index contributed by atoms with van der Waals surface area (Å²) in [4.78, 5) is 35.8. The van der Waals surface area contributed by atoms with Crippen molar-refractivity contribution < 1.29 is 55.7 Å². The Balaban J connectivity index is 0.000000673. The highest BCUT2D eigenvalue weighted by Gasteiger charge is 2.38. The number of benzene rings is 2. The van der Waals surface area contributed by atoms with E-state index in [9.17, 15) is 36.3 Å². The molecule has 1 fully saturated rings. The van der Waals surface area contributed by atoms with Crippen LogP contribution in [-0.2, 0) is 19.6 Å². The summed E-state index contributed by atoms with van der Waals surface area (Å²) >= 11 is 0. The van der Waals surface area contributed by atoms with Gasteiger partial charge in [-0.3, -0.25) is 4.72 Å². The Hall–Kier alpha value is -4.21. The molecule has 1 aliphatic heterocycles. The van der Waals surface area contributed by atoms with E-state index in [2.05, 4.69) is 4.72 Å².